The highest BCUT2D eigenvalue weighted by molar-refractivity contribution is 7.92. The Morgan fingerprint density at radius 1 is 0.848 bits per heavy atom. The Balaban J connectivity index is 1.81. The molecule has 0 radical (unpaired) electrons. The number of halogens is 2. The molecule has 0 aliphatic heterocycles. The topological polar surface area (TPSA) is 96.0 Å². The molecular formula is C35H37Cl2N3O5S. The van der Waals surface area contributed by atoms with Crippen LogP contribution in [0.4, 0.5) is 5.69 Å². The van der Waals surface area contributed by atoms with Gasteiger partial charge >= 0.3 is 0 Å². The van der Waals surface area contributed by atoms with Gasteiger partial charge in [-0.2, -0.15) is 0 Å². The zero-order chi connectivity index (χ0) is 33.3. The number of ether oxygens (including phenoxy) is 1. The van der Waals surface area contributed by atoms with E-state index >= 15 is 0 Å². The number of amides is 2. The largest absolute Gasteiger partial charge is 0.495 e. The van der Waals surface area contributed by atoms with Crippen LogP contribution in [0.5, 0.6) is 5.75 Å². The van der Waals surface area contributed by atoms with Crippen molar-refractivity contribution < 1.29 is 22.7 Å². The Labute approximate surface area is 280 Å². The van der Waals surface area contributed by atoms with E-state index in [0.717, 1.165) is 15.4 Å². The first-order valence-electron chi connectivity index (χ1n) is 14.8. The Morgan fingerprint density at radius 2 is 1.48 bits per heavy atom. The van der Waals surface area contributed by atoms with Gasteiger partial charge in [0.2, 0.25) is 11.8 Å². The fourth-order valence-electron chi connectivity index (χ4n) is 4.82. The summed E-state index contributed by atoms with van der Waals surface area (Å²) < 4.78 is 34.5. The normalized spacial score (nSPS) is 12.0. The summed E-state index contributed by atoms with van der Waals surface area (Å²) in [6, 6.07) is 27.7. The van der Waals surface area contributed by atoms with Crippen molar-refractivity contribution in [2.75, 3.05) is 24.5 Å². The Hall–Kier alpha value is -4.05. The highest BCUT2D eigenvalue weighted by Crippen LogP contribution is 2.32. The second kappa shape index (κ2) is 16.0. The number of rotatable bonds is 14. The van der Waals surface area contributed by atoms with Gasteiger partial charge in [-0.15, -0.1) is 0 Å². The van der Waals surface area contributed by atoms with Crippen LogP contribution in [0.25, 0.3) is 0 Å². The molecule has 0 bridgehead atoms. The van der Waals surface area contributed by atoms with Gasteiger partial charge < -0.3 is 15.0 Å². The van der Waals surface area contributed by atoms with Crippen LogP contribution in [0, 0.1) is 5.92 Å². The first-order valence-corrected chi connectivity index (χ1v) is 17.0. The SMILES string of the molecule is COc1ccc(N(CC(=O)N(Cc2ccc(Cl)cc2)[C@H](Cc2ccccc2)C(=O)NCC(C)C)S(=O)(=O)c2ccccc2)cc1Cl. The van der Waals surface area contributed by atoms with Gasteiger partial charge in [0.1, 0.15) is 18.3 Å². The van der Waals surface area contributed by atoms with Crippen LogP contribution >= 0.6 is 23.2 Å². The first-order chi connectivity index (χ1) is 22.0. The predicted molar refractivity (Wildman–Crippen MR) is 183 cm³/mol. The van der Waals surface area contributed by atoms with Crippen molar-refractivity contribution >= 4 is 50.7 Å². The fraction of sp³-hybridized carbons (Fsp3) is 0.257. The number of carbonyl (C=O) groups excluding carboxylic acids is 2. The molecule has 0 fully saturated rings. The molecule has 2 amide bonds. The van der Waals surface area contributed by atoms with E-state index in [2.05, 4.69) is 5.32 Å². The summed E-state index contributed by atoms with van der Waals surface area (Å²) in [4.78, 5) is 29.8. The number of carbonyl (C=O) groups is 2. The third-order valence-electron chi connectivity index (χ3n) is 7.26. The van der Waals surface area contributed by atoms with E-state index < -0.39 is 28.5 Å². The second-order valence-corrected chi connectivity index (χ2v) is 13.8. The molecule has 1 atom stereocenters. The van der Waals surface area contributed by atoms with Crippen LogP contribution in [0.15, 0.2) is 108 Å². The molecule has 0 aliphatic rings. The minimum atomic E-state index is -4.26. The summed E-state index contributed by atoms with van der Waals surface area (Å²) in [7, 11) is -2.80. The summed E-state index contributed by atoms with van der Waals surface area (Å²) in [5.74, 6) is -0.400. The van der Waals surface area contributed by atoms with Crippen molar-refractivity contribution in [3.63, 3.8) is 0 Å². The van der Waals surface area contributed by atoms with Crippen LogP contribution in [0.1, 0.15) is 25.0 Å². The van der Waals surface area contributed by atoms with Gasteiger partial charge in [0, 0.05) is 24.5 Å². The fourth-order valence-corrected chi connectivity index (χ4v) is 6.63. The smallest absolute Gasteiger partial charge is 0.264 e. The molecule has 0 heterocycles. The number of hydrogen-bond acceptors (Lipinski definition) is 5. The van der Waals surface area contributed by atoms with Crippen molar-refractivity contribution in [3.05, 3.63) is 124 Å². The number of nitrogens with one attached hydrogen (secondary N) is 1. The van der Waals surface area contributed by atoms with E-state index in [4.69, 9.17) is 27.9 Å². The molecule has 8 nitrogen and oxygen atoms in total. The number of hydrogen-bond donors (Lipinski definition) is 1. The Morgan fingerprint density at radius 3 is 2.07 bits per heavy atom. The molecule has 0 saturated heterocycles. The second-order valence-electron chi connectivity index (χ2n) is 11.1. The van der Waals surface area contributed by atoms with E-state index in [0.29, 0.717) is 17.3 Å². The van der Waals surface area contributed by atoms with Gasteiger partial charge in [0.25, 0.3) is 10.0 Å². The van der Waals surface area contributed by atoms with Crippen molar-refractivity contribution in [2.24, 2.45) is 5.92 Å². The van der Waals surface area contributed by atoms with Gasteiger partial charge in [0.05, 0.1) is 22.7 Å². The van der Waals surface area contributed by atoms with E-state index in [1.165, 1.54) is 36.3 Å². The summed E-state index contributed by atoms with van der Waals surface area (Å²) in [6.07, 6.45) is 0.212. The molecule has 0 spiro atoms. The average molecular weight is 683 g/mol. The lowest BCUT2D eigenvalue weighted by Gasteiger charge is -2.34. The molecule has 4 aromatic carbocycles. The quantitative estimate of drug-likeness (QED) is 0.162. The molecule has 0 saturated carbocycles. The highest BCUT2D eigenvalue weighted by atomic mass is 35.5. The lowest BCUT2D eigenvalue weighted by molar-refractivity contribution is -0.140. The van der Waals surface area contributed by atoms with Gasteiger partial charge in [-0.05, 0) is 59.5 Å². The van der Waals surface area contributed by atoms with Crippen molar-refractivity contribution in [1.82, 2.24) is 10.2 Å². The molecule has 242 valence electrons. The predicted octanol–water partition coefficient (Wildman–Crippen LogP) is 6.61. The third kappa shape index (κ3) is 9.02. The van der Waals surface area contributed by atoms with E-state index in [9.17, 15) is 18.0 Å². The number of methoxy groups -OCH3 is 1. The molecule has 0 aliphatic carbocycles. The van der Waals surface area contributed by atoms with E-state index in [1.54, 1.807) is 48.5 Å². The number of anilines is 1. The minimum Gasteiger partial charge on any atom is -0.495 e. The van der Waals surface area contributed by atoms with Crippen LogP contribution in [0.2, 0.25) is 10.0 Å². The first kappa shape index (κ1) is 34.8. The maximum absolute atomic E-state index is 14.5. The standard InChI is InChI=1S/C35H37Cl2N3O5S/c1-25(2)22-38-35(42)32(20-26-10-6-4-7-11-26)39(23-27-14-16-28(36)17-15-27)34(41)24-40(29-18-19-33(45-3)31(37)21-29)46(43,44)30-12-8-5-9-13-30/h4-19,21,25,32H,20,22-24H2,1-3H3,(H,38,42)/t32-/m1/s1. The lowest BCUT2D eigenvalue weighted by Crippen LogP contribution is -2.53. The highest BCUT2D eigenvalue weighted by Gasteiger charge is 2.35. The zero-order valence-corrected chi connectivity index (χ0v) is 28.2. The zero-order valence-electron chi connectivity index (χ0n) is 25.9. The van der Waals surface area contributed by atoms with Crippen LogP contribution in [-0.2, 0) is 32.6 Å². The van der Waals surface area contributed by atoms with E-state index in [1.807, 2.05) is 44.2 Å². The molecule has 11 heteroatoms. The lowest BCUT2D eigenvalue weighted by atomic mass is 10.0. The summed E-state index contributed by atoms with van der Waals surface area (Å²) in [5, 5.41) is 3.67. The average Bonchev–Trinajstić information content (AvgIpc) is 3.05. The summed E-state index contributed by atoms with van der Waals surface area (Å²) in [6.45, 7) is 3.80. The van der Waals surface area contributed by atoms with Gasteiger partial charge in [-0.1, -0.05) is 97.7 Å². The van der Waals surface area contributed by atoms with Gasteiger partial charge in [-0.3, -0.25) is 13.9 Å². The molecule has 4 aromatic rings. The van der Waals surface area contributed by atoms with Gasteiger partial charge in [-0.25, -0.2) is 8.42 Å². The number of sulfonamides is 1. The summed E-state index contributed by atoms with van der Waals surface area (Å²) >= 11 is 12.6. The molecule has 4 rings (SSSR count). The molecule has 0 aromatic heterocycles. The Bertz CT molecular complexity index is 1720. The minimum absolute atomic E-state index is 0.00509. The third-order valence-corrected chi connectivity index (χ3v) is 9.59. The number of benzene rings is 4. The van der Waals surface area contributed by atoms with Gasteiger partial charge in [0.15, 0.2) is 0 Å². The molecule has 1 N–H and O–H groups in total. The van der Waals surface area contributed by atoms with Crippen LogP contribution < -0.4 is 14.4 Å². The van der Waals surface area contributed by atoms with E-state index in [-0.39, 0.29) is 40.4 Å². The molecule has 46 heavy (non-hydrogen) atoms. The van der Waals surface area contributed by atoms with Crippen molar-refractivity contribution in [2.45, 2.75) is 37.8 Å². The number of nitrogens with zero attached hydrogens (tertiary/aromatic N) is 2. The maximum Gasteiger partial charge on any atom is 0.264 e. The molecular weight excluding hydrogens is 645 g/mol. The summed E-state index contributed by atoms with van der Waals surface area (Å²) in [5.41, 5.74) is 1.73. The Kier molecular flexibility index (Phi) is 12.1. The van der Waals surface area contributed by atoms with Crippen LogP contribution in [-0.4, -0.2) is 51.4 Å². The molecule has 0 unspecified atom stereocenters. The van der Waals surface area contributed by atoms with Crippen molar-refractivity contribution in [1.29, 1.82) is 0 Å². The maximum atomic E-state index is 14.5. The van der Waals surface area contributed by atoms with Crippen molar-refractivity contribution in [3.8, 4) is 5.75 Å². The van der Waals surface area contributed by atoms with Crippen LogP contribution in [0.3, 0.4) is 0 Å². The monoisotopic (exact) mass is 681 g/mol.